The van der Waals surface area contributed by atoms with E-state index in [1.807, 2.05) is 32.0 Å². The molecule has 0 saturated carbocycles. The Morgan fingerprint density at radius 2 is 2.04 bits per heavy atom. The van der Waals surface area contributed by atoms with Gasteiger partial charge in [0.2, 0.25) is 0 Å². The summed E-state index contributed by atoms with van der Waals surface area (Å²) in [6.45, 7) is 5.14. The van der Waals surface area contributed by atoms with Gasteiger partial charge in [0.05, 0.1) is 41.4 Å². The lowest BCUT2D eigenvalue weighted by Gasteiger charge is -2.32. The van der Waals surface area contributed by atoms with Gasteiger partial charge in [-0.15, -0.1) is 0 Å². The van der Waals surface area contributed by atoms with Gasteiger partial charge in [-0.05, 0) is 26.0 Å². The molecule has 1 saturated heterocycles. The van der Waals surface area contributed by atoms with Crippen LogP contribution in [-0.2, 0) is 4.74 Å². The highest BCUT2D eigenvalue weighted by molar-refractivity contribution is 5.93. The summed E-state index contributed by atoms with van der Waals surface area (Å²) in [6, 6.07) is 5.76. The van der Waals surface area contributed by atoms with E-state index in [0.29, 0.717) is 25.3 Å². The summed E-state index contributed by atoms with van der Waals surface area (Å²) in [6.07, 6.45) is 4.16. The van der Waals surface area contributed by atoms with Crippen LogP contribution in [-0.4, -0.2) is 50.6 Å². The first-order chi connectivity index (χ1) is 13.1. The van der Waals surface area contributed by atoms with Crippen LogP contribution in [0.3, 0.4) is 0 Å². The molecule has 0 unspecified atom stereocenters. The van der Waals surface area contributed by atoms with Crippen molar-refractivity contribution in [3.63, 3.8) is 0 Å². The molecular formula is C19H19N5O3. The smallest absolute Gasteiger partial charge is 0.257 e. The van der Waals surface area contributed by atoms with Crippen molar-refractivity contribution in [3.8, 4) is 11.3 Å². The fourth-order valence-corrected chi connectivity index (χ4v) is 3.22. The van der Waals surface area contributed by atoms with E-state index in [1.54, 1.807) is 4.90 Å². The van der Waals surface area contributed by atoms with Crippen LogP contribution < -0.4 is 0 Å². The van der Waals surface area contributed by atoms with Crippen LogP contribution in [0, 0.1) is 13.8 Å². The number of morpholine rings is 1. The second kappa shape index (κ2) is 7.24. The van der Waals surface area contributed by atoms with Crippen molar-refractivity contribution in [1.82, 2.24) is 25.0 Å². The van der Waals surface area contributed by atoms with Crippen LogP contribution >= 0.6 is 0 Å². The molecule has 1 atom stereocenters. The van der Waals surface area contributed by atoms with Crippen LogP contribution in [0.2, 0.25) is 0 Å². The van der Waals surface area contributed by atoms with Gasteiger partial charge >= 0.3 is 0 Å². The molecule has 0 N–H and O–H groups in total. The van der Waals surface area contributed by atoms with Crippen molar-refractivity contribution in [2.24, 2.45) is 0 Å². The Kier molecular flexibility index (Phi) is 4.64. The Morgan fingerprint density at radius 3 is 2.78 bits per heavy atom. The van der Waals surface area contributed by atoms with E-state index in [1.165, 1.54) is 18.7 Å². The van der Waals surface area contributed by atoms with Crippen LogP contribution in [0.25, 0.3) is 11.3 Å². The molecule has 1 aliphatic rings. The van der Waals surface area contributed by atoms with Gasteiger partial charge < -0.3 is 14.2 Å². The Bertz CT molecular complexity index is 937. The molecular weight excluding hydrogens is 346 g/mol. The highest BCUT2D eigenvalue weighted by atomic mass is 16.5. The second-order valence-corrected chi connectivity index (χ2v) is 6.38. The minimum Gasteiger partial charge on any atom is -0.368 e. The fraction of sp³-hybridized carbons (Fsp3) is 0.316. The molecule has 0 bridgehead atoms. The SMILES string of the molecule is Cc1noc(C)c1-c1cccc([C@H]2CN(C(=O)c3cncnc3)CCO2)n1. The van der Waals surface area contributed by atoms with Crippen molar-refractivity contribution in [1.29, 1.82) is 0 Å². The van der Waals surface area contributed by atoms with Crippen LogP contribution in [0.5, 0.6) is 0 Å². The van der Waals surface area contributed by atoms with Gasteiger partial charge in [-0.25, -0.2) is 15.0 Å². The molecule has 3 aromatic heterocycles. The normalized spacial score (nSPS) is 17.1. The zero-order chi connectivity index (χ0) is 18.8. The first-order valence-corrected chi connectivity index (χ1v) is 8.69. The van der Waals surface area contributed by atoms with Gasteiger partial charge in [0.15, 0.2) is 0 Å². The second-order valence-electron chi connectivity index (χ2n) is 6.38. The number of hydrogen-bond donors (Lipinski definition) is 0. The van der Waals surface area contributed by atoms with Crippen molar-refractivity contribution in [2.45, 2.75) is 20.0 Å². The largest absolute Gasteiger partial charge is 0.368 e. The van der Waals surface area contributed by atoms with Gasteiger partial charge in [-0.3, -0.25) is 4.79 Å². The van der Waals surface area contributed by atoms with Crippen molar-refractivity contribution in [2.75, 3.05) is 19.7 Å². The monoisotopic (exact) mass is 365 g/mol. The van der Waals surface area contributed by atoms with E-state index in [0.717, 1.165) is 28.4 Å². The third-order valence-electron chi connectivity index (χ3n) is 4.55. The maximum atomic E-state index is 12.7. The van der Waals surface area contributed by atoms with E-state index in [-0.39, 0.29) is 12.0 Å². The molecule has 1 aliphatic heterocycles. The van der Waals surface area contributed by atoms with Crippen molar-refractivity contribution >= 4 is 5.91 Å². The number of rotatable bonds is 3. The Hall–Kier alpha value is -3.13. The third-order valence-corrected chi connectivity index (χ3v) is 4.55. The lowest BCUT2D eigenvalue weighted by Crippen LogP contribution is -2.42. The lowest BCUT2D eigenvalue weighted by atomic mass is 10.1. The van der Waals surface area contributed by atoms with Gasteiger partial charge in [-0.2, -0.15) is 0 Å². The number of aryl methyl sites for hydroxylation is 2. The molecule has 8 heteroatoms. The van der Waals surface area contributed by atoms with Crippen LogP contribution in [0.15, 0.2) is 41.4 Å². The Balaban J connectivity index is 1.57. The highest BCUT2D eigenvalue weighted by Crippen LogP contribution is 2.28. The minimum absolute atomic E-state index is 0.106. The molecule has 0 aromatic carbocycles. The number of nitrogens with zero attached hydrogens (tertiary/aromatic N) is 5. The van der Waals surface area contributed by atoms with E-state index in [9.17, 15) is 4.79 Å². The fourth-order valence-electron chi connectivity index (χ4n) is 3.22. The van der Waals surface area contributed by atoms with E-state index in [4.69, 9.17) is 14.2 Å². The number of hydrogen-bond acceptors (Lipinski definition) is 7. The van der Waals surface area contributed by atoms with Crippen molar-refractivity contribution < 1.29 is 14.1 Å². The maximum absolute atomic E-state index is 12.7. The molecule has 1 fully saturated rings. The molecule has 0 radical (unpaired) electrons. The Labute approximate surface area is 156 Å². The molecule has 8 nitrogen and oxygen atoms in total. The molecule has 0 aliphatic carbocycles. The molecule has 27 heavy (non-hydrogen) atoms. The molecule has 1 amide bonds. The third kappa shape index (κ3) is 3.43. The quantitative estimate of drug-likeness (QED) is 0.703. The zero-order valence-electron chi connectivity index (χ0n) is 15.1. The topological polar surface area (TPSA) is 94.2 Å². The zero-order valence-corrected chi connectivity index (χ0v) is 15.1. The summed E-state index contributed by atoms with van der Waals surface area (Å²) >= 11 is 0. The lowest BCUT2D eigenvalue weighted by molar-refractivity contribution is -0.0247. The van der Waals surface area contributed by atoms with Crippen LogP contribution in [0.1, 0.15) is 33.6 Å². The molecule has 4 rings (SSSR count). The summed E-state index contributed by atoms with van der Waals surface area (Å²) in [4.78, 5) is 27.0. The first-order valence-electron chi connectivity index (χ1n) is 8.69. The van der Waals surface area contributed by atoms with E-state index >= 15 is 0 Å². The number of ether oxygens (including phenoxy) is 1. The summed E-state index contributed by atoms with van der Waals surface area (Å²) in [7, 11) is 0. The average molecular weight is 365 g/mol. The number of aromatic nitrogens is 4. The minimum atomic E-state index is -0.298. The number of pyridine rings is 1. The Morgan fingerprint density at radius 1 is 1.22 bits per heavy atom. The standard InChI is InChI=1S/C19H19N5O3/c1-12-18(13(2)27-23-12)16-5-3-4-15(22-16)17-10-24(6-7-26-17)19(25)14-8-20-11-21-9-14/h3-5,8-9,11,17H,6-7,10H2,1-2H3/t17-/m1/s1. The highest BCUT2D eigenvalue weighted by Gasteiger charge is 2.27. The van der Waals surface area contributed by atoms with Gasteiger partial charge in [0.25, 0.3) is 5.91 Å². The average Bonchev–Trinajstić information content (AvgIpc) is 3.06. The molecule has 138 valence electrons. The summed E-state index contributed by atoms with van der Waals surface area (Å²) in [5.74, 6) is 0.619. The maximum Gasteiger partial charge on any atom is 0.257 e. The van der Waals surface area contributed by atoms with E-state index in [2.05, 4.69) is 15.1 Å². The number of carbonyl (C=O) groups excluding carboxylic acids is 1. The van der Waals surface area contributed by atoms with Crippen molar-refractivity contribution in [3.05, 3.63) is 59.6 Å². The number of carbonyl (C=O) groups is 1. The molecule has 0 spiro atoms. The summed E-state index contributed by atoms with van der Waals surface area (Å²) in [5.41, 5.74) is 3.71. The van der Waals surface area contributed by atoms with E-state index < -0.39 is 0 Å². The first kappa shape index (κ1) is 17.3. The summed E-state index contributed by atoms with van der Waals surface area (Å²) < 4.78 is 11.1. The van der Waals surface area contributed by atoms with Gasteiger partial charge in [0.1, 0.15) is 18.2 Å². The summed E-state index contributed by atoms with van der Waals surface area (Å²) in [5, 5.41) is 3.99. The molecule has 4 heterocycles. The number of amides is 1. The van der Waals surface area contributed by atoms with Gasteiger partial charge in [-0.1, -0.05) is 11.2 Å². The predicted octanol–water partition coefficient (Wildman–Crippen LogP) is 2.36. The molecule has 3 aromatic rings. The van der Waals surface area contributed by atoms with Gasteiger partial charge in [0, 0.05) is 18.9 Å². The predicted molar refractivity (Wildman–Crippen MR) is 95.8 cm³/mol. The van der Waals surface area contributed by atoms with Crippen LogP contribution in [0.4, 0.5) is 0 Å².